The zero-order valence-electron chi connectivity index (χ0n) is 11.2. The molecular weight excluding hydrogens is 307 g/mol. The van der Waals surface area contributed by atoms with Crippen molar-refractivity contribution in [2.24, 2.45) is 0 Å². The van der Waals surface area contributed by atoms with Crippen molar-refractivity contribution in [1.82, 2.24) is 4.90 Å². The Morgan fingerprint density at radius 3 is 2.95 bits per heavy atom. The molecule has 4 nitrogen and oxygen atoms in total. The highest BCUT2D eigenvalue weighted by molar-refractivity contribution is 7.12. The van der Waals surface area contributed by atoms with Crippen molar-refractivity contribution in [3.63, 3.8) is 0 Å². The van der Waals surface area contributed by atoms with Crippen LogP contribution in [0.2, 0.25) is 0 Å². The van der Waals surface area contributed by atoms with Crippen molar-refractivity contribution in [2.75, 3.05) is 26.3 Å². The smallest absolute Gasteiger partial charge is 0.382 e. The second kappa shape index (κ2) is 6.87. The molecule has 8 heteroatoms. The summed E-state index contributed by atoms with van der Waals surface area (Å²) in [5, 5.41) is 11.0. The minimum atomic E-state index is -4.65. The molecule has 0 unspecified atom stereocenters. The first kappa shape index (κ1) is 16.4. The zero-order chi connectivity index (χ0) is 15.5. The summed E-state index contributed by atoms with van der Waals surface area (Å²) in [6, 6.07) is 3.00. The zero-order valence-corrected chi connectivity index (χ0v) is 12.0. The van der Waals surface area contributed by atoms with E-state index in [1.165, 1.54) is 16.2 Å². The van der Waals surface area contributed by atoms with Crippen LogP contribution in [0.5, 0.6) is 0 Å². The fourth-order valence-electron chi connectivity index (χ4n) is 2.20. The fourth-order valence-corrected chi connectivity index (χ4v) is 2.87. The van der Waals surface area contributed by atoms with E-state index in [-0.39, 0.29) is 25.4 Å². The quantitative estimate of drug-likeness (QED) is 0.842. The van der Waals surface area contributed by atoms with Crippen LogP contribution in [0.1, 0.15) is 16.1 Å². The van der Waals surface area contributed by atoms with Gasteiger partial charge in [-0.15, -0.1) is 11.3 Å². The average Bonchev–Trinajstić information content (AvgIpc) is 2.93. The summed E-state index contributed by atoms with van der Waals surface area (Å²) in [4.78, 5) is 14.1. The molecule has 2 rings (SSSR count). The highest BCUT2D eigenvalue weighted by Crippen LogP contribution is 2.23. The fraction of sp³-hybridized carbons (Fsp3) is 0.615. The molecule has 1 aliphatic rings. The first-order valence-corrected chi connectivity index (χ1v) is 7.39. The van der Waals surface area contributed by atoms with E-state index in [2.05, 4.69) is 0 Å². The van der Waals surface area contributed by atoms with Gasteiger partial charge in [0.05, 0.1) is 18.1 Å². The van der Waals surface area contributed by atoms with Gasteiger partial charge in [-0.3, -0.25) is 9.69 Å². The van der Waals surface area contributed by atoms with Gasteiger partial charge in [-0.25, -0.2) is 0 Å². The van der Waals surface area contributed by atoms with Crippen LogP contribution in [0, 0.1) is 0 Å². The first-order chi connectivity index (χ1) is 9.88. The number of ether oxygens (including phenoxy) is 1. The van der Waals surface area contributed by atoms with E-state index in [4.69, 9.17) is 4.74 Å². The van der Waals surface area contributed by atoms with E-state index >= 15 is 0 Å². The van der Waals surface area contributed by atoms with Crippen molar-refractivity contribution in [3.05, 3.63) is 22.4 Å². The molecule has 0 aromatic carbocycles. The number of aliphatic hydroxyl groups excluding tert-OH is 1. The highest BCUT2D eigenvalue weighted by atomic mass is 32.1. The van der Waals surface area contributed by atoms with Crippen molar-refractivity contribution in [2.45, 2.75) is 24.7 Å². The van der Waals surface area contributed by atoms with Crippen molar-refractivity contribution in [1.29, 1.82) is 0 Å². The lowest BCUT2D eigenvalue weighted by Gasteiger charge is -2.36. The van der Waals surface area contributed by atoms with Gasteiger partial charge in [0.1, 0.15) is 0 Å². The molecule has 0 amide bonds. The molecule has 0 aliphatic carbocycles. The molecule has 1 saturated heterocycles. The van der Waals surface area contributed by atoms with Crippen LogP contribution in [0.15, 0.2) is 17.5 Å². The Hall–Kier alpha value is -0.960. The molecular formula is C13H16F3NO3S. The molecule has 1 N–H and O–H groups in total. The summed E-state index contributed by atoms with van der Waals surface area (Å²) in [5.74, 6) is -0.119. The average molecular weight is 323 g/mol. The molecule has 0 bridgehead atoms. The SMILES string of the molecule is O=C(C[C@H]1COCCN1C[C@@H](O)C(F)(F)F)c1cccs1. The number of morpholine rings is 1. The van der Waals surface area contributed by atoms with E-state index in [1.54, 1.807) is 17.5 Å². The largest absolute Gasteiger partial charge is 0.415 e. The maximum Gasteiger partial charge on any atom is 0.415 e. The minimum absolute atomic E-state index is 0.0884. The molecule has 1 aliphatic heterocycles. The second-order valence-corrected chi connectivity index (χ2v) is 5.83. The Bertz CT molecular complexity index is 464. The molecule has 118 valence electrons. The number of Topliss-reactive ketones (excluding diaryl/α,β-unsaturated/α-hetero) is 1. The molecule has 0 saturated carbocycles. The number of halogens is 3. The highest BCUT2D eigenvalue weighted by Gasteiger charge is 2.40. The number of ketones is 1. The van der Waals surface area contributed by atoms with Gasteiger partial charge in [-0.1, -0.05) is 6.07 Å². The Kier molecular flexibility index (Phi) is 5.37. The van der Waals surface area contributed by atoms with Gasteiger partial charge in [0, 0.05) is 25.6 Å². The van der Waals surface area contributed by atoms with E-state index < -0.39 is 24.9 Å². The standard InChI is InChI=1S/C13H16F3NO3S/c14-13(15,16)12(19)7-17-3-4-20-8-9(17)6-10(18)11-2-1-5-21-11/h1-2,5,9,12,19H,3-4,6-8H2/t9-,12+/m0/s1. The maximum atomic E-state index is 12.4. The lowest BCUT2D eigenvalue weighted by atomic mass is 10.1. The molecule has 2 atom stereocenters. The molecule has 0 radical (unpaired) electrons. The summed E-state index contributed by atoms with van der Waals surface area (Å²) in [6.45, 7) is 0.237. The van der Waals surface area contributed by atoms with Gasteiger partial charge in [0.15, 0.2) is 11.9 Å². The summed E-state index contributed by atoms with van der Waals surface area (Å²) in [7, 11) is 0. The van der Waals surface area contributed by atoms with Gasteiger partial charge in [-0.2, -0.15) is 13.2 Å². The summed E-state index contributed by atoms with van der Waals surface area (Å²) in [5.41, 5.74) is 0. The van der Waals surface area contributed by atoms with Gasteiger partial charge < -0.3 is 9.84 Å². The normalized spacial score (nSPS) is 22.2. The van der Waals surface area contributed by atoms with Gasteiger partial charge >= 0.3 is 6.18 Å². The Morgan fingerprint density at radius 2 is 2.33 bits per heavy atom. The van der Waals surface area contributed by atoms with Gasteiger partial charge in [0.25, 0.3) is 0 Å². The number of nitrogens with zero attached hydrogens (tertiary/aromatic N) is 1. The lowest BCUT2D eigenvalue weighted by molar-refractivity contribution is -0.212. The Labute approximate surface area is 124 Å². The predicted molar refractivity (Wildman–Crippen MR) is 71.5 cm³/mol. The number of thiophene rings is 1. The summed E-state index contributed by atoms with van der Waals surface area (Å²) >= 11 is 1.30. The monoisotopic (exact) mass is 323 g/mol. The molecule has 1 fully saturated rings. The minimum Gasteiger partial charge on any atom is -0.382 e. The molecule has 0 spiro atoms. The van der Waals surface area contributed by atoms with Crippen LogP contribution in [-0.2, 0) is 4.74 Å². The second-order valence-electron chi connectivity index (χ2n) is 4.89. The molecule has 1 aromatic rings. The van der Waals surface area contributed by atoms with Crippen LogP contribution in [0.3, 0.4) is 0 Å². The Balaban J connectivity index is 1.97. The third-order valence-electron chi connectivity index (χ3n) is 3.35. The number of carbonyl (C=O) groups excluding carboxylic acids is 1. The van der Waals surface area contributed by atoms with Crippen LogP contribution in [-0.4, -0.2) is 60.4 Å². The van der Waals surface area contributed by atoms with Crippen LogP contribution >= 0.6 is 11.3 Å². The predicted octanol–water partition coefficient (Wildman–Crippen LogP) is 1.94. The first-order valence-electron chi connectivity index (χ1n) is 6.51. The summed E-state index contributed by atoms with van der Waals surface area (Å²) in [6.07, 6.45) is -6.97. The van der Waals surface area contributed by atoms with Crippen molar-refractivity contribution < 1.29 is 27.8 Å². The van der Waals surface area contributed by atoms with E-state index in [9.17, 15) is 23.1 Å². The van der Waals surface area contributed by atoms with E-state index in [0.717, 1.165) is 0 Å². The van der Waals surface area contributed by atoms with Crippen LogP contribution in [0.25, 0.3) is 0 Å². The van der Waals surface area contributed by atoms with Crippen molar-refractivity contribution in [3.8, 4) is 0 Å². The van der Waals surface area contributed by atoms with Gasteiger partial charge in [0.2, 0.25) is 0 Å². The number of carbonyl (C=O) groups is 1. The lowest BCUT2D eigenvalue weighted by Crippen LogP contribution is -2.51. The van der Waals surface area contributed by atoms with Crippen molar-refractivity contribution >= 4 is 17.1 Å². The van der Waals surface area contributed by atoms with E-state index in [1.807, 2.05) is 0 Å². The third kappa shape index (κ3) is 4.50. The number of aliphatic hydroxyl groups is 1. The maximum absolute atomic E-state index is 12.4. The van der Waals surface area contributed by atoms with Gasteiger partial charge in [-0.05, 0) is 11.4 Å². The Morgan fingerprint density at radius 1 is 1.57 bits per heavy atom. The number of alkyl halides is 3. The molecule has 21 heavy (non-hydrogen) atoms. The third-order valence-corrected chi connectivity index (χ3v) is 4.26. The molecule has 2 heterocycles. The number of rotatable bonds is 5. The summed E-state index contributed by atoms with van der Waals surface area (Å²) < 4.78 is 42.6. The molecule has 1 aromatic heterocycles. The number of β-amino-alcohol motifs (C(OH)–C–C–N with tert-alkyl or cyclic N) is 1. The van der Waals surface area contributed by atoms with Crippen LogP contribution in [0.4, 0.5) is 13.2 Å². The van der Waals surface area contributed by atoms with E-state index in [0.29, 0.717) is 11.5 Å². The van der Waals surface area contributed by atoms with Crippen LogP contribution < -0.4 is 0 Å². The number of hydrogen-bond donors (Lipinski definition) is 1. The number of hydrogen-bond acceptors (Lipinski definition) is 5. The topological polar surface area (TPSA) is 49.8 Å².